The van der Waals surface area contributed by atoms with E-state index < -0.39 is 31.3 Å². The molecule has 21 heavy (non-hydrogen) atoms. The average Bonchev–Trinajstić information content (AvgIpc) is 2.85. The quantitative estimate of drug-likeness (QED) is 0.640. The second-order valence-electron chi connectivity index (χ2n) is 3.75. The Labute approximate surface area is 117 Å². The van der Waals surface area contributed by atoms with Crippen molar-refractivity contribution in [3.05, 3.63) is 45.9 Å². The molecule has 2 rings (SSSR count). The molecule has 0 aliphatic rings. The lowest BCUT2D eigenvalue weighted by Crippen LogP contribution is -2.14. The smallest absolute Gasteiger partial charge is 0.263 e. The van der Waals surface area contributed by atoms with E-state index in [0.29, 0.717) is 12.1 Å². The standard InChI is InChI=1S/C10H6FN5O4S/c11-8-2-1-7(3-9(8)16(17)18)21(19,20)15-10-6(4-12)5-13-14-10/h1-3,5H,(H2,13,14,15). The van der Waals surface area contributed by atoms with E-state index in [-0.39, 0.29) is 11.4 Å². The van der Waals surface area contributed by atoms with Crippen molar-refractivity contribution in [2.75, 3.05) is 4.72 Å². The van der Waals surface area contributed by atoms with Crippen LogP contribution in [0.4, 0.5) is 15.9 Å². The van der Waals surface area contributed by atoms with Crippen LogP contribution in [0.1, 0.15) is 5.56 Å². The SMILES string of the molecule is N#Cc1cn[nH]c1NS(=O)(=O)c1ccc(F)c([N+](=O)[O-])c1. The van der Waals surface area contributed by atoms with Crippen LogP contribution in [0.25, 0.3) is 0 Å². The molecule has 0 fully saturated rings. The number of nitriles is 1. The predicted molar refractivity (Wildman–Crippen MR) is 67.2 cm³/mol. The second-order valence-corrected chi connectivity index (χ2v) is 5.43. The maximum absolute atomic E-state index is 13.2. The number of halogens is 1. The molecule has 0 saturated heterocycles. The number of anilines is 1. The van der Waals surface area contributed by atoms with Crippen molar-refractivity contribution in [2.24, 2.45) is 0 Å². The molecule has 0 unspecified atom stereocenters. The molecule has 1 aromatic heterocycles. The van der Waals surface area contributed by atoms with Crippen LogP contribution in [0.3, 0.4) is 0 Å². The summed E-state index contributed by atoms with van der Waals surface area (Å²) < 4.78 is 39.3. The molecular formula is C10H6FN5O4S. The third-order valence-corrected chi connectivity index (χ3v) is 3.77. The van der Waals surface area contributed by atoms with Crippen LogP contribution < -0.4 is 4.72 Å². The maximum Gasteiger partial charge on any atom is 0.306 e. The zero-order chi connectivity index (χ0) is 15.6. The van der Waals surface area contributed by atoms with Gasteiger partial charge in [0, 0.05) is 6.07 Å². The van der Waals surface area contributed by atoms with Crippen LogP contribution >= 0.6 is 0 Å². The Morgan fingerprint density at radius 1 is 1.48 bits per heavy atom. The van der Waals surface area contributed by atoms with Crippen LogP contribution in [-0.4, -0.2) is 23.5 Å². The van der Waals surface area contributed by atoms with Gasteiger partial charge in [-0.15, -0.1) is 0 Å². The van der Waals surface area contributed by atoms with Crippen LogP contribution in [0.5, 0.6) is 0 Å². The number of nitro groups is 1. The Hall–Kier alpha value is -3.00. The van der Waals surface area contributed by atoms with Gasteiger partial charge in [-0.3, -0.25) is 19.9 Å². The molecule has 2 N–H and O–H groups in total. The number of hydrogen-bond acceptors (Lipinski definition) is 6. The number of aromatic nitrogens is 2. The normalized spacial score (nSPS) is 10.9. The van der Waals surface area contributed by atoms with Gasteiger partial charge >= 0.3 is 5.69 Å². The molecule has 2 aromatic rings. The van der Waals surface area contributed by atoms with Crippen molar-refractivity contribution >= 4 is 21.5 Å². The number of nitrogens with zero attached hydrogens (tertiary/aromatic N) is 3. The maximum atomic E-state index is 13.2. The minimum absolute atomic E-state index is 0.0600. The first-order chi connectivity index (χ1) is 9.85. The predicted octanol–water partition coefficient (Wildman–Crippen LogP) is 1.13. The molecule has 0 amide bonds. The summed E-state index contributed by atoms with van der Waals surface area (Å²) in [7, 11) is -4.23. The number of rotatable bonds is 4. The number of H-pyrrole nitrogens is 1. The molecule has 0 aliphatic carbocycles. The molecule has 0 radical (unpaired) electrons. The van der Waals surface area contributed by atoms with Crippen LogP contribution in [0.15, 0.2) is 29.3 Å². The average molecular weight is 311 g/mol. The highest BCUT2D eigenvalue weighted by Crippen LogP contribution is 2.23. The number of aromatic amines is 1. The topological polar surface area (TPSA) is 142 Å². The molecule has 0 spiro atoms. The minimum Gasteiger partial charge on any atom is -0.263 e. The highest BCUT2D eigenvalue weighted by atomic mass is 32.2. The van der Waals surface area contributed by atoms with Crippen molar-refractivity contribution in [3.63, 3.8) is 0 Å². The number of nitrogens with one attached hydrogen (secondary N) is 2. The van der Waals surface area contributed by atoms with E-state index in [1.54, 1.807) is 6.07 Å². The Morgan fingerprint density at radius 3 is 2.81 bits per heavy atom. The van der Waals surface area contributed by atoms with Gasteiger partial charge in [-0.1, -0.05) is 0 Å². The van der Waals surface area contributed by atoms with Gasteiger partial charge in [0.1, 0.15) is 11.6 Å². The molecular weight excluding hydrogens is 305 g/mol. The summed E-state index contributed by atoms with van der Waals surface area (Å²) in [6.45, 7) is 0. The molecule has 108 valence electrons. The van der Waals surface area contributed by atoms with Crippen molar-refractivity contribution in [1.82, 2.24) is 10.2 Å². The lowest BCUT2D eigenvalue weighted by atomic mass is 10.3. The first kappa shape index (κ1) is 14.4. The van der Waals surface area contributed by atoms with E-state index in [2.05, 4.69) is 10.2 Å². The lowest BCUT2D eigenvalue weighted by Gasteiger charge is -2.06. The molecule has 11 heteroatoms. The van der Waals surface area contributed by atoms with Gasteiger partial charge < -0.3 is 0 Å². The highest BCUT2D eigenvalue weighted by Gasteiger charge is 2.22. The Morgan fingerprint density at radius 2 is 2.19 bits per heavy atom. The monoisotopic (exact) mass is 311 g/mol. The van der Waals surface area contributed by atoms with Crippen molar-refractivity contribution in [2.45, 2.75) is 4.90 Å². The van der Waals surface area contributed by atoms with E-state index in [4.69, 9.17) is 5.26 Å². The van der Waals surface area contributed by atoms with E-state index in [0.717, 1.165) is 12.3 Å². The highest BCUT2D eigenvalue weighted by molar-refractivity contribution is 7.92. The van der Waals surface area contributed by atoms with Gasteiger partial charge in [0.15, 0.2) is 5.82 Å². The van der Waals surface area contributed by atoms with Gasteiger partial charge in [-0.05, 0) is 12.1 Å². The summed E-state index contributed by atoms with van der Waals surface area (Å²) in [6, 6.07) is 3.82. The first-order valence-corrected chi connectivity index (χ1v) is 6.73. The number of benzene rings is 1. The summed E-state index contributed by atoms with van der Waals surface area (Å²) in [4.78, 5) is 9.05. The Kier molecular flexibility index (Phi) is 3.55. The number of sulfonamides is 1. The largest absolute Gasteiger partial charge is 0.306 e. The van der Waals surface area contributed by atoms with E-state index in [1.807, 2.05) is 4.72 Å². The molecule has 1 aromatic carbocycles. The van der Waals surface area contributed by atoms with E-state index >= 15 is 0 Å². The molecule has 0 aliphatic heterocycles. The molecule has 1 heterocycles. The minimum atomic E-state index is -4.23. The van der Waals surface area contributed by atoms with E-state index in [1.165, 1.54) is 0 Å². The zero-order valence-electron chi connectivity index (χ0n) is 10.1. The third kappa shape index (κ3) is 2.79. The van der Waals surface area contributed by atoms with Gasteiger partial charge in [-0.2, -0.15) is 14.8 Å². The summed E-state index contributed by atoms with van der Waals surface area (Å²) in [5.74, 6) is -1.34. The van der Waals surface area contributed by atoms with Crippen LogP contribution in [-0.2, 0) is 10.0 Å². The Bertz CT molecular complexity index is 855. The molecule has 9 nitrogen and oxygen atoms in total. The van der Waals surface area contributed by atoms with E-state index in [9.17, 15) is 22.9 Å². The fourth-order valence-corrected chi connectivity index (χ4v) is 2.50. The zero-order valence-corrected chi connectivity index (χ0v) is 10.9. The third-order valence-electron chi connectivity index (χ3n) is 2.42. The van der Waals surface area contributed by atoms with Gasteiger partial charge in [0.2, 0.25) is 5.82 Å². The second kappa shape index (κ2) is 5.17. The molecule has 0 bridgehead atoms. The van der Waals surface area contributed by atoms with Gasteiger partial charge in [0.25, 0.3) is 10.0 Å². The van der Waals surface area contributed by atoms with Crippen molar-refractivity contribution < 1.29 is 17.7 Å². The number of hydrogen-bond donors (Lipinski definition) is 2. The summed E-state index contributed by atoms with van der Waals surface area (Å²) >= 11 is 0. The van der Waals surface area contributed by atoms with Gasteiger partial charge in [0.05, 0.1) is 16.0 Å². The lowest BCUT2D eigenvalue weighted by molar-refractivity contribution is -0.387. The van der Waals surface area contributed by atoms with Crippen molar-refractivity contribution in [1.29, 1.82) is 5.26 Å². The Balaban J connectivity index is 2.43. The fraction of sp³-hybridized carbons (Fsp3) is 0. The number of nitro benzene ring substituents is 1. The first-order valence-electron chi connectivity index (χ1n) is 5.25. The fourth-order valence-electron chi connectivity index (χ4n) is 1.44. The summed E-state index contributed by atoms with van der Waals surface area (Å²) in [5, 5.41) is 25.1. The molecule has 0 atom stereocenters. The van der Waals surface area contributed by atoms with Gasteiger partial charge in [-0.25, -0.2) is 8.42 Å². The summed E-state index contributed by atoms with van der Waals surface area (Å²) in [5.41, 5.74) is -1.03. The van der Waals surface area contributed by atoms with Crippen LogP contribution in [0, 0.1) is 27.3 Å². The van der Waals surface area contributed by atoms with Crippen molar-refractivity contribution in [3.8, 4) is 6.07 Å². The summed E-state index contributed by atoms with van der Waals surface area (Å²) in [6.07, 6.45) is 1.10. The van der Waals surface area contributed by atoms with Crippen LogP contribution in [0.2, 0.25) is 0 Å². The molecule has 0 saturated carbocycles.